The van der Waals surface area contributed by atoms with Crippen LogP contribution in [0.1, 0.15) is 42.5 Å². The largest absolute Gasteiger partial charge is 0.344 e. The number of aryl methyl sites for hydroxylation is 2. The minimum Gasteiger partial charge on any atom is -0.322 e. The van der Waals surface area contributed by atoms with Crippen molar-refractivity contribution in [3.63, 3.8) is 0 Å². The molecule has 2 aliphatic rings. The topological polar surface area (TPSA) is 113 Å². The number of thiophene rings is 1. The van der Waals surface area contributed by atoms with E-state index in [9.17, 15) is 19.2 Å². The molecule has 4 rings (SSSR count). The summed E-state index contributed by atoms with van der Waals surface area (Å²) < 4.78 is 1.19. The van der Waals surface area contributed by atoms with Crippen LogP contribution in [0.2, 0.25) is 0 Å². The lowest BCUT2D eigenvalue weighted by atomic mass is 9.82. The Morgan fingerprint density at radius 1 is 1.25 bits per heavy atom. The molecular formula is C18H21N5O4S. The Bertz CT molecular complexity index is 1050. The van der Waals surface area contributed by atoms with Gasteiger partial charge in [-0.1, -0.05) is 19.3 Å². The van der Waals surface area contributed by atoms with Crippen LogP contribution in [0.15, 0.2) is 11.1 Å². The fourth-order valence-electron chi connectivity index (χ4n) is 3.91. The molecule has 1 saturated heterocycles. The summed E-state index contributed by atoms with van der Waals surface area (Å²) in [5.41, 5.74) is 1.96. The number of rotatable bonds is 3. The maximum Gasteiger partial charge on any atom is 0.344 e. The third-order valence-corrected chi connectivity index (χ3v) is 6.69. The fourth-order valence-corrected chi connectivity index (χ4v) is 4.90. The van der Waals surface area contributed by atoms with E-state index in [0.717, 1.165) is 34.7 Å². The molecule has 0 bridgehead atoms. The van der Waals surface area contributed by atoms with E-state index in [0.29, 0.717) is 23.1 Å². The monoisotopic (exact) mass is 403 g/mol. The number of hydrogen-bond acceptors (Lipinski definition) is 6. The number of carbonyl (C=O) groups is 3. The van der Waals surface area contributed by atoms with E-state index in [1.165, 1.54) is 22.2 Å². The first-order valence-electron chi connectivity index (χ1n) is 9.24. The number of amides is 4. The van der Waals surface area contributed by atoms with Crippen LogP contribution >= 0.6 is 11.3 Å². The van der Waals surface area contributed by atoms with Crippen molar-refractivity contribution in [3.05, 3.63) is 27.1 Å². The average molecular weight is 403 g/mol. The third kappa shape index (κ3) is 2.88. The summed E-state index contributed by atoms with van der Waals surface area (Å²) in [6.45, 7) is 3.43. The molecule has 0 unspecified atom stereocenters. The first-order chi connectivity index (χ1) is 13.3. The van der Waals surface area contributed by atoms with Gasteiger partial charge in [-0.15, -0.1) is 11.3 Å². The molecule has 3 heterocycles. The minimum absolute atomic E-state index is 0.317. The molecule has 4 amide bonds. The van der Waals surface area contributed by atoms with Crippen molar-refractivity contribution in [2.75, 3.05) is 0 Å². The van der Waals surface area contributed by atoms with Gasteiger partial charge < -0.3 is 5.32 Å². The van der Waals surface area contributed by atoms with Crippen molar-refractivity contribution in [2.45, 2.75) is 58.0 Å². The zero-order valence-electron chi connectivity index (χ0n) is 15.7. The van der Waals surface area contributed by atoms with Gasteiger partial charge in [-0.2, -0.15) is 5.01 Å². The number of nitrogens with zero attached hydrogens (tertiary/aromatic N) is 3. The van der Waals surface area contributed by atoms with Gasteiger partial charge in [0.15, 0.2) is 0 Å². The van der Waals surface area contributed by atoms with E-state index in [4.69, 9.17) is 0 Å². The predicted octanol–water partition coefficient (Wildman–Crippen LogP) is 1.36. The van der Waals surface area contributed by atoms with Gasteiger partial charge in [0.2, 0.25) is 0 Å². The molecule has 0 aromatic carbocycles. The van der Waals surface area contributed by atoms with E-state index in [1.807, 2.05) is 13.8 Å². The number of hydrazine groups is 1. The SMILES string of the molecule is Cc1sc2ncn(CC(=O)NN3C(=O)NC4(CCCCC4)C3=O)c(=O)c2c1C. The number of carbonyl (C=O) groups excluding carboxylic acids is 3. The van der Waals surface area contributed by atoms with Gasteiger partial charge in [-0.3, -0.25) is 24.4 Å². The van der Waals surface area contributed by atoms with Crippen LogP contribution in [0.5, 0.6) is 0 Å². The Balaban J connectivity index is 1.52. The number of fused-ring (bicyclic) bond motifs is 1. The molecule has 1 spiro atoms. The Kier molecular flexibility index (Phi) is 4.45. The molecule has 0 radical (unpaired) electrons. The van der Waals surface area contributed by atoms with Crippen molar-refractivity contribution < 1.29 is 14.4 Å². The van der Waals surface area contributed by atoms with Crippen molar-refractivity contribution in [2.24, 2.45) is 0 Å². The van der Waals surface area contributed by atoms with E-state index < -0.39 is 23.4 Å². The Morgan fingerprint density at radius 2 is 1.96 bits per heavy atom. The number of urea groups is 1. The third-order valence-electron chi connectivity index (χ3n) is 5.58. The smallest absolute Gasteiger partial charge is 0.322 e. The summed E-state index contributed by atoms with van der Waals surface area (Å²) >= 11 is 1.43. The molecule has 10 heteroatoms. The number of hydrogen-bond donors (Lipinski definition) is 2. The lowest BCUT2D eigenvalue weighted by molar-refractivity contribution is -0.140. The molecule has 2 aromatic heterocycles. The fraction of sp³-hybridized carbons (Fsp3) is 0.500. The van der Waals surface area contributed by atoms with E-state index in [-0.39, 0.29) is 12.1 Å². The maximum absolute atomic E-state index is 12.7. The van der Waals surface area contributed by atoms with Crippen LogP contribution in [0.25, 0.3) is 10.2 Å². The predicted molar refractivity (Wildman–Crippen MR) is 103 cm³/mol. The molecular weight excluding hydrogens is 382 g/mol. The average Bonchev–Trinajstić information content (AvgIpc) is 3.07. The van der Waals surface area contributed by atoms with Crippen LogP contribution in [0.3, 0.4) is 0 Å². The van der Waals surface area contributed by atoms with E-state index in [1.54, 1.807) is 0 Å². The Labute approximate surface area is 164 Å². The highest BCUT2D eigenvalue weighted by Crippen LogP contribution is 2.33. The van der Waals surface area contributed by atoms with Crippen molar-refractivity contribution >= 4 is 39.4 Å². The van der Waals surface area contributed by atoms with E-state index in [2.05, 4.69) is 15.7 Å². The van der Waals surface area contributed by atoms with Gasteiger partial charge in [0.25, 0.3) is 17.4 Å². The number of aromatic nitrogens is 2. The first kappa shape index (κ1) is 18.6. The van der Waals surface area contributed by atoms with Gasteiger partial charge in [-0.05, 0) is 32.3 Å². The zero-order chi connectivity index (χ0) is 20.1. The zero-order valence-corrected chi connectivity index (χ0v) is 16.5. The molecule has 0 atom stereocenters. The summed E-state index contributed by atoms with van der Waals surface area (Å²) in [5.74, 6) is -1.07. The van der Waals surface area contributed by atoms with Gasteiger partial charge in [0.1, 0.15) is 16.9 Å². The van der Waals surface area contributed by atoms with E-state index >= 15 is 0 Å². The normalized spacial score (nSPS) is 18.7. The summed E-state index contributed by atoms with van der Waals surface area (Å²) in [5, 5.41) is 3.96. The summed E-state index contributed by atoms with van der Waals surface area (Å²) in [4.78, 5) is 56.0. The summed E-state index contributed by atoms with van der Waals surface area (Å²) in [7, 11) is 0. The van der Waals surface area contributed by atoms with Gasteiger partial charge >= 0.3 is 6.03 Å². The second-order valence-electron chi connectivity index (χ2n) is 7.39. The van der Waals surface area contributed by atoms with Crippen LogP contribution in [0.4, 0.5) is 4.79 Å². The number of nitrogens with one attached hydrogen (secondary N) is 2. The first-order valence-corrected chi connectivity index (χ1v) is 10.1. The Hall–Kier alpha value is -2.75. The molecule has 148 valence electrons. The number of imide groups is 1. The second-order valence-corrected chi connectivity index (χ2v) is 8.59. The minimum atomic E-state index is -0.911. The molecule has 2 N–H and O–H groups in total. The van der Waals surface area contributed by atoms with Crippen LogP contribution in [-0.4, -0.2) is 37.9 Å². The van der Waals surface area contributed by atoms with Crippen molar-refractivity contribution in [3.8, 4) is 0 Å². The van der Waals surface area contributed by atoms with Gasteiger partial charge in [-0.25, -0.2) is 9.78 Å². The summed E-state index contributed by atoms with van der Waals surface area (Å²) in [6.07, 6.45) is 5.19. The lowest BCUT2D eigenvalue weighted by Crippen LogP contribution is -2.51. The van der Waals surface area contributed by atoms with Gasteiger partial charge in [0.05, 0.1) is 11.7 Å². The van der Waals surface area contributed by atoms with Crippen molar-refractivity contribution in [1.29, 1.82) is 0 Å². The molecule has 9 nitrogen and oxygen atoms in total. The Morgan fingerprint density at radius 3 is 2.68 bits per heavy atom. The maximum atomic E-state index is 12.7. The molecule has 2 aromatic rings. The quantitative estimate of drug-likeness (QED) is 0.752. The lowest BCUT2D eigenvalue weighted by Gasteiger charge is -2.30. The highest BCUT2D eigenvalue weighted by Gasteiger charge is 2.52. The highest BCUT2D eigenvalue weighted by molar-refractivity contribution is 7.18. The molecule has 2 fully saturated rings. The molecule has 1 saturated carbocycles. The highest BCUT2D eigenvalue weighted by atomic mass is 32.1. The van der Waals surface area contributed by atoms with Crippen LogP contribution in [-0.2, 0) is 16.1 Å². The second kappa shape index (κ2) is 6.69. The standard InChI is InChI=1S/C18H21N5O4S/c1-10-11(2)28-14-13(10)15(25)22(9-19-14)8-12(24)21-23-16(26)18(20-17(23)27)6-4-3-5-7-18/h9H,3-8H2,1-2H3,(H,20,27)(H,21,24). The van der Waals surface area contributed by atoms with Crippen LogP contribution in [0, 0.1) is 13.8 Å². The summed E-state index contributed by atoms with van der Waals surface area (Å²) in [6, 6.07) is -0.634. The van der Waals surface area contributed by atoms with Gasteiger partial charge in [0, 0.05) is 4.88 Å². The van der Waals surface area contributed by atoms with Crippen LogP contribution < -0.4 is 16.3 Å². The molecule has 1 aliphatic heterocycles. The molecule has 28 heavy (non-hydrogen) atoms. The van der Waals surface area contributed by atoms with Crippen molar-refractivity contribution in [1.82, 2.24) is 25.3 Å². The molecule has 1 aliphatic carbocycles.